The summed E-state index contributed by atoms with van der Waals surface area (Å²) in [4.78, 5) is 11.6. The number of rotatable bonds is 3. The Bertz CT molecular complexity index is 510. The highest BCUT2D eigenvalue weighted by molar-refractivity contribution is 5.92. The predicted octanol–water partition coefficient (Wildman–Crippen LogP) is 2.28. The third-order valence-corrected chi connectivity index (χ3v) is 3.77. The van der Waals surface area contributed by atoms with Crippen LogP contribution in [-0.4, -0.2) is 25.3 Å². The largest absolute Gasteiger partial charge is 0.448 e. The van der Waals surface area contributed by atoms with E-state index in [0.717, 1.165) is 42.9 Å². The predicted molar refractivity (Wildman–Crippen MR) is 76.1 cm³/mol. The smallest absolute Gasteiger partial charge is 0.251 e. The Morgan fingerprint density at radius 1 is 1.20 bits per heavy atom. The van der Waals surface area contributed by atoms with Crippen LogP contribution in [-0.2, 0) is 4.79 Å². The minimum Gasteiger partial charge on any atom is -0.448 e. The number of hydrogen-bond donors (Lipinski definition) is 2. The lowest BCUT2D eigenvalue weighted by molar-refractivity contribution is -0.115. The molecule has 0 unspecified atom stereocenters. The quantitative estimate of drug-likeness (QED) is 0.889. The number of anilines is 1. The molecule has 5 heteroatoms. The zero-order valence-electron chi connectivity index (χ0n) is 11.7. The summed E-state index contributed by atoms with van der Waals surface area (Å²) in [5, 5.41) is 5.65. The van der Waals surface area contributed by atoms with Gasteiger partial charge in [-0.2, -0.15) is 0 Å². The zero-order chi connectivity index (χ0) is 14.0. The average molecular weight is 276 g/mol. The van der Waals surface area contributed by atoms with Gasteiger partial charge in [-0.1, -0.05) is 6.42 Å². The van der Waals surface area contributed by atoms with Gasteiger partial charge in [0.1, 0.15) is 0 Å². The van der Waals surface area contributed by atoms with Crippen LogP contribution < -0.4 is 20.1 Å². The van der Waals surface area contributed by atoms with Crippen molar-refractivity contribution in [2.24, 2.45) is 0 Å². The van der Waals surface area contributed by atoms with Crippen molar-refractivity contribution in [2.45, 2.75) is 37.9 Å². The first-order valence-corrected chi connectivity index (χ1v) is 7.17. The molecule has 1 amide bonds. The van der Waals surface area contributed by atoms with Gasteiger partial charge in [-0.05, 0) is 32.0 Å². The van der Waals surface area contributed by atoms with E-state index in [4.69, 9.17) is 9.47 Å². The van der Waals surface area contributed by atoms with Crippen LogP contribution in [0.4, 0.5) is 5.69 Å². The van der Waals surface area contributed by atoms with Crippen molar-refractivity contribution in [1.82, 2.24) is 5.32 Å². The lowest BCUT2D eigenvalue weighted by atomic mass is 9.94. The highest BCUT2D eigenvalue weighted by Crippen LogP contribution is 2.46. The summed E-state index contributed by atoms with van der Waals surface area (Å²) in [5.74, 6) is 0.972. The van der Waals surface area contributed by atoms with Crippen molar-refractivity contribution in [3.05, 3.63) is 18.2 Å². The van der Waals surface area contributed by atoms with Crippen molar-refractivity contribution >= 4 is 11.6 Å². The lowest BCUT2D eigenvalue weighted by Gasteiger charge is -2.31. The molecule has 1 aliphatic heterocycles. The number of ether oxygens (including phenoxy) is 2. The van der Waals surface area contributed by atoms with Gasteiger partial charge in [0.25, 0.3) is 5.79 Å². The lowest BCUT2D eigenvalue weighted by Crippen LogP contribution is -2.40. The van der Waals surface area contributed by atoms with E-state index in [2.05, 4.69) is 10.6 Å². The van der Waals surface area contributed by atoms with Gasteiger partial charge in [0.05, 0.1) is 6.54 Å². The SMILES string of the molecule is CNCC(=O)Nc1ccc2c(c1)OC1(CCCCC1)O2. The summed E-state index contributed by atoms with van der Waals surface area (Å²) in [6.45, 7) is 0.290. The summed E-state index contributed by atoms with van der Waals surface area (Å²) < 4.78 is 12.0. The van der Waals surface area contributed by atoms with Crippen molar-refractivity contribution in [2.75, 3.05) is 18.9 Å². The monoisotopic (exact) mass is 276 g/mol. The molecule has 1 aromatic rings. The molecule has 1 aromatic carbocycles. The highest BCUT2D eigenvalue weighted by Gasteiger charge is 2.42. The molecule has 5 nitrogen and oxygen atoms in total. The normalized spacial score (nSPS) is 19.1. The van der Waals surface area contributed by atoms with Crippen molar-refractivity contribution in [3.63, 3.8) is 0 Å². The van der Waals surface area contributed by atoms with Crippen LogP contribution in [0.5, 0.6) is 11.5 Å². The van der Waals surface area contributed by atoms with Gasteiger partial charge in [-0.25, -0.2) is 0 Å². The number of carbonyl (C=O) groups is 1. The molecule has 1 spiro atoms. The third-order valence-electron chi connectivity index (χ3n) is 3.77. The van der Waals surface area contributed by atoms with Crippen LogP contribution in [0.2, 0.25) is 0 Å². The molecule has 0 radical (unpaired) electrons. The Hall–Kier alpha value is -1.75. The second kappa shape index (κ2) is 5.32. The summed E-state index contributed by atoms with van der Waals surface area (Å²) >= 11 is 0. The van der Waals surface area contributed by atoms with E-state index >= 15 is 0 Å². The second-order valence-corrected chi connectivity index (χ2v) is 5.42. The van der Waals surface area contributed by atoms with Crippen LogP contribution in [0.3, 0.4) is 0 Å². The topological polar surface area (TPSA) is 59.6 Å². The average Bonchev–Trinajstić information content (AvgIpc) is 2.76. The van der Waals surface area contributed by atoms with E-state index < -0.39 is 5.79 Å². The van der Waals surface area contributed by atoms with Crippen LogP contribution in [0.25, 0.3) is 0 Å². The van der Waals surface area contributed by atoms with E-state index in [1.807, 2.05) is 18.2 Å². The van der Waals surface area contributed by atoms with Crippen LogP contribution >= 0.6 is 0 Å². The molecular formula is C15H20N2O3. The van der Waals surface area contributed by atoms with Gasteiger partial charge in [0.2, 0.25) is 5.91 Å². The fourth-order valence-corrected chi connectivity index (χ4v) is 2.83. The molecule has 3 rings (SSSR count). The minimum absolute atomic E-state index is 0.0706. The summed E-state index contributed by atoms with van der Waals surface area (Å²) in [7, 11) is 1.74. The molecule has 1 heterocycles. The van der Waals surface area contributed by atoms with Gasteiger partial charge in [-0.3, -0.25) is 4.79 Å². The number of amides is 1. The Morgan fingerprint density at radius 3 is 2.70 bits per heavy atom. The number of hydrogen-bond acceptors (Lipinski definition) is 4. The van der Waals surface area contributed by atoms with Gasteiger partial charge < -0.3 is 20.1 Å². The summed E-state index contributed by atoms with van der Waals surface area (Å²) in [6, 6.07) is 5.55. The summed E-state index contributed by atoms with van der Waals surface area (Å²) in [5.41, 5.74) is 0.737. The molecule has 2 aliphatic rings. The van der Waals surface area contributed by atoms with Crippen molar-refractivity contribution in [1.29, 1.82) is 0 Å². The standard InChI is InChI=1S/C15H20N2O3/c1-16-10-14(18)17-11-5-6-12-13(9-11)20-15(19-12)7-3-2-4-8-15/h5-6,9,16H,2-4,7-8,10H2,1H3,(H,17,18). The van der Waals surface area contributed by atoms with Crippen LogP contribution in [0.1, 0.15) is 32.1 Å². The molecule has 0 atom stereocenters. The summed E-state index contributed by atoms with van der Waals surface area (Å²) in [6.07, 6.45) is 5.39. The first kappa shape index (κ1) is 13.2. The van der Waals surface area contributed by atoms with E-state index in [0.29, 0.717) is 6.54 Å². The Balaban J connectivity index is 1.72. The second-order valence-electron chi connectivity index (χ2n) is 5.42. The molecule has 1 saturated carbocycles. The van der Waals surface area contributed by atoms with Crippen LogP contribution in [0.15, 0.2) is 18.2 Å². The first-order chi connectivity index (χ1) is 9.71. The number of fused-ring (bicyclic) bond motifs is 1. The highest BCUT2D eigenvalue weighted by atomic mass is 16.7. The molecule has 0 bridgehead atoms. The molecule has 1 aliphatic carbocycles. The van der Waals surface area contributed by atoms with Gasteiger partial charge in [0.15, 0.2) is 11.5 Å². The van der Waals surface area contributed by atoms with Crippen LogP contribution in [0, 0.1) is 0 Å². The Labute approximate surface area is 118 Å². The Kier molecular flexibility index (Phi) is 3.53. The molecular weight excluding hydrogens is 256 g/mol. The number of likely N-dealkylation sites (N-methyl/N-ethyl adjacent to an activating group) is 1. The maximum Gasteiger partial charge on any atom is 0.251 e. The first-order valence-electron chi connectivity index (χ1n) is 7.17. The van der Waals surface area contributed by atoms with E-state index in [1.54, 1.807) is 7.05 Å². The maximum absolute atomic E-state index is 11.6. The van der Waals surface area contributed by atoms with E-state index in [1.165, 1.54) is 6.42 Å². The number of nitrogens with one attached hydrogen (secondary N) is 2. The fourth-order valence-electron chi connectivity index (χ4n) is 2.83. The minimum atomic E-state index is -0.464. The molecule has 20 heavy (non-hydrogen) atoms. The molecule has 0 saturated heterocycles. The molecule has 2 N–H and O–H groups in total. The maximum atomic E-state index is 11.6. The molecule has 0 aromatic heterocycles. The van der Waals surface area contributed by atoms with Gasteiger partial charge in [-0.15, -0.1) is 0 Å². The number of benzene rings is 1. The van der Waals surface area contributed by atoms with Crippen molar-refractivity contribution < 1.29 is 14.3 Å². The van der Waals surface area contributed by atoms with E-state index in [-0.39, 0.29) is 5.91 Å². The molecule has 108 valence electrons. The Morgan fingerprint density at radius 2 is 1.95 bits per heavy atom. The number of carbonyl (C=O) groups excluding carboxylic acids is 1. The zero-order valence-corrected chi connectivity index (χ0v) is 11.7. The fraction of sp³-hybridized carbons (Fsp3) is 0.533. The van der Waals surface area contributed by atoms with Crippen molar-refractivity contribution in [3.8, 4) is 11.5 Å². The van der Waals surface area contributed by atoms with Gasteiger partial charge >= 0.3 is 0 Å². The third kappa shape index (κ3) is 2.58. The molecule has 1 fully saturated rings. The van der Waals surface area contributed by atoms with E-state index in [9.17, 15) is 4.79 Å². The van der Waals surface area contributed by atoms with Gasteiger partial charge in [0, 0.05) is 24.6 Å².